The monoisotopic (exact) mass is 443 g/mol. The number of halogens is 1. The number of nitrogens with one attached hydrogen (secondary N) is 1. The number of hydrogen-bond donors (Lipinski definition) is 1. The Bertz CT molecular complexity index is 1340. The lowest BCUT2D eigenvalue weighted by Gasteiger charge is -2.14. The molecule has 0 aliphatic carbocycles. The van der Waals surface area contributed by atoms with Crippen molar-refractivity contribution in [1.82, 2.24) is 9.55 Å². The number of nitrogens with zero attached hydrogens (tertiary/aromatic N) is 2. The molecule has 0 bridgehead atoms. The second kappa shape index (κ2) is 8.23. The van der Waals surface area contributed by atoms with Crippen molar-refractivity contribution < 1.29 is 23.4 Å². The van der Waals surface area contributed by atoms with Crippen LogP contribution in [0.4, 0.5) is 10.1 Å². The van der Waals surface area contributed by atoms with Crippen molar-refractivity contribution in [3.63, 3.8) is 0 Å². The zero-order chi connectivity index (χ0) is 22.1. The molecule has 0 aliphatic heterocycles. The molecular weight excluding hydrogens is 425 g/mol. The molecule has 0 atom stereocenters. The minimum Gasteiger partial charge on any atom is -0.493 e. The van der Waals surface area contributed by atoms with E-state index in [1.54, 1.807) is 24.3 Å². The minimum atomic E-state index is -0.454. The van der Waals surface area contributed by atoms with Crippen LogP contribution in [0.3, 0.4) is 0 Å². The molecule has 0 spiro atoms. The average Bonchev–Trinajstić information content (AvgIpc) is 3.15. The number of benzene rings is 2. The quantitative estimate of drug-likeness (QED) is 0.491. The zero-order valence-electron chi connectivity index (χ0n) is 16.9. The minimum absolute atomic E-state index is 0.269. The van der Waals surface area contributed by atoms with Gasteiger partial charge in [0, 0.05) is 22.5 Å². The number of rotatable bonds is 6. The van der Waals surface area contributed by atoms with Gasteiger partial charge in [0.2, 0.25) is 11.7 Å². The van der Waals surface area contributed by atoms with Gasteiger partial charge in [-0.2, -0.15) is 0 Å². The highest BCUT2D eigenvalue weighted by molar-refractivity contribution is 7.25. The summed E-state index contributed by atoms with van der Waals surface area (Å²) < 4.78 is 32.1. The highest BCUT2D eigenvalue weighted by atomic mass is 32.1. The molecule has 2 aromatic heterocycles. The zero-order valence-corrected chi connectivity index (χ0v) is 17.7. The maximum absolute atomic E-state index is 14.2. The molecule has 2 aromatic carbocycles. The van der Waals surface area contributed by atoms with Crippen LogP contribution in [0.15, 0.2) is 41.5 Å². The van der Waals surface area contributed by atoms with Gasteiger partial charge < -0.3 is 19.5 Å². The first-order valence-electron chi connectivity index (χ1n) is 9.12. The number of methoxy groups -OCH3 is 3. The number of hydrogen-bond acceptors (Lipinski definition) is 7. The predicted molar refractivity (Wildman–Crippen MR) is 116 cm³/mol. The SMILES string of the molecule is COc1cc(NC(=O)Cn2cnc3c(sc4cccc(F)c43)c2=O)cc(OC)c1OC. The summed E-state index contributed by atoms with van der Waals surface area (Å²) in [7, 11) is 4.42. The van der Waals surface area contributed by atoms with Gasteiger partial charge in [0.25, 0.3) is 5.56 Å². The van der Waals surface area contributed by atoms with Gasteiger partial charge in [-0.1, -0.05) is 6.07 Å². The first-order valence-corrected chi connectivity index (χ1v) is 9.94. The first-order chi connectivity index (χ1) is 15.0. The largest absolute Gasteiger partial charge is 0.493 e. The second-order valence-electron chi connectivity index (χ2n) is 6.53. The van der Waals surface area contributed by atoms with E-state index >= 15 is 0 Å². The highest BCUT2D eigenvalue weighted by Gasteiger charge is 2.17. The molecule has 4 aromatic rings. The predicted octanol–water partition coefficient (Wildman–Crippen LogP) is 3.41. The summed E-state index contributed by atoms with van der Waals surface area (Å²) in [5.41, 5.74) is 0.292. The molecule has 0 aliphatic rings. The van der Waals surface area contributed by atoms with Gasteiger partial charge in [-0.3, -0.25) is 14.2 Å². The van der Waals surface area contributed by atoms with E-state index in [4.69, 9.17) is 14.2 Å². The Labute approximate surface area is 179 Å². The fraction of sp³-hybridized carbons (Fsp3) is 0.190. The van der Waals surface area contributed by atoms with Crippen LogP contribution in [-0.4, -0.2) is 36.8 Å². The van der Waals surface area contributed by atoms with Gasteiger partial charge in [-0.25, -0.2) is 9.37 Å². The molecule has 0 unspecified atom stereocenters. The fourth-order valence-corrected chi connectivity index (χ4v) is 4.41. The van der Waals surface area contributed by atoms with Crippen LogP contribution in [0.2, 0.25) is 0 Å². The fourth-order valence-electron chi connectivity index (χ4n) is 3.29. The molecule has 31 heavy (non-hydrogen) atoms. The smallest absolute Gasteiger partial charge is 0.271 e. The van der Waals surface area contributed by atoms with Crippen LogP contribution >= 0.6 is 11.3 Å². The lowest BCUT2D eigenvalue weighted by Crippen LogP contribution is -2.27. The molecule has 160 valence electrons. The molecule has 1 N–H and O–H groups in total. The summed E-state index contributed by atoms with van der Waals surface area (Å²) in [6.45, 7) is -0.269. The molecule has 1 amide bonds. The normalized spacial score (nSPS) is 11.0. The van der Waals surface area contributed by atoms with Crippen molar-refractivity contribution in [2.24, 2.45) is 0 Å². The maximum atomic E-state index is 14.2. The number of thiophene rings is 1. The van der Waals surface area contributed by atoms with Crippen LogP contribution < -0.4 is 25.1 Å². The maximum Gasteiger partial charge on any atom is 0.271 e. The van der Waals surface area contributed by atoms with Gasteiger partial charge in [0.15, 0.2) is 11.5 Å². The summed E-state index contributed by atoms with van der Waals surface area (Å²) in [5, 5.41) is 3.02. The van der Waals surface area contributed by atoms with E-state index in [1.807, 2.05) is 0 Å². The van der Waals surface area contributed by atoms with E-state index < -0.39 is 17.3 Å². The number of carbonyl (C=O) groups is 1. The van der Waals surface area contributed by atoms with E-state index in [9.17, 15) is 14.0 Å². The van der Waals surface area contributed by atoms with Crippen molar-refractivity contribution in [3.05, 3.63) is 52.8 Å². The van der Waals surface area contributed by atoms with E-state index in [0.29, 0.717) is 43.2 Å². The molecule has 8 nitrogen and oxygen atoms in total. The lowest BCUT2D eigenvalue weighted by molar-refractivity contribution is -0.116. The third-order valence-corrected chi connectivity index (χ3v) is 5.82. The Morgan fingerprint density at radius 2 is 1.87 bits per heavy atom. The van der Waals surface area contributed by atoms with Crippen molar-refractivity contribution >= 4 is 43.2 Å². The Kier molecular flexibility index (Phi) is 5.47. The molecule has 0 fully saturated rings. The number of anilines is 1. The van der Waals surface area contributed by atoms with Crippen LogP contribution in [0, 0.1) is 5.82 Å². The molecule has 2 heterocycles. The second-order valence-corrected chi connectivity index (χ2v) is 7.58. The molecule has 4 rings (SSSR count). The van der Waals surface area contributed by atoms with Crippen molar-refractivity contribution in [3.8, 4) is 17.2 Å². The summed E-state index contributed by atoms with van der Waals surface area (Å²) in [6, 6.07) is 7.80. The van der Waals surface area contributed by atoms with Crippen LogP contribution in [0.25, 0.3) is 20.3 Å². The summed E-state index contributed by atoms with van der Waals surface area (Å²) in [4.78, 5) is 29.7. The Morgan fingerprint density at radius 3 is 2.52 bits per heavy atom. The van der Waals surface area contributed by atoms with Crippen LogP contribution in [0.5, 0.6) is 17.2 Å². The van der Waals surface area contributed by atoms with E-state index in [2.05, 4.69) is 10.3 Å². The molecule has 0 radical (unpaired) electrons. The number of fused-ring (bicyclic) bond motifs is 3. The third kappa shape index (κ3) is 3.66. The number of aromatic nitrogens is 2. The van der Waals surface area contributed by atoms with E-state index in [0.717, 1.165) is 11.3 Å². The molecular formula is C21H18FN3O5S. The third-order valence-electron chi connectivity index (χ3n) is 4.68. The number of carbonyl (C=O) groups excluding carboxylic acids is 1. The average molecular weight is 443 g/mol. The summed E-state index contributed by atoms with van der Waals surface area (Å²) in [6.07, 6.45) is 1.25. The van der Waals surface area contributed by atoms with E-state index in [-0.39, 0.29) is 6.54 Å². The standard InChI is InChI=1S/C21H18FN3O5S/c1-28-13-7-11(8-14(29-2)19(13)30-3)24-16(26)9-25-10-23-18-17-12(22)5-4-6-15(17)31-20(18)21(25)27/h4-8,10H,9H2,1-3H3,(H,24,26). The summed E-state index contributed by atoms with van der Waals surface area (Å²) >= 11 is 1.15. The van der Waals surface area contributed by atoms with Gasteiger partial charge in [0.1, 0.15) is 17.1 Å². The Morgan fingerprint density at radius 1 is 1.16 bits per heavy atom. The first kappa shape index (κ1) is 20.6. The number of amides is 1. The molecule has 10 heteroatoms. The van der Waals surface area contributed by atoms with Crippen molar-refractivity contribution in [2.45, 2.75) is 6.54 Å². The van der Waals surface area contributed by atoms with Gasteiger partial charge in [-0.15, -0.1) is 11.3 Å². The van der Waals surface area contributed by atoms with Gasteiger partial charge in [0.05, 0.1) is 38.6 Å². The van der Waals surface area contributed by atoms with Crippen molar-refractivity contribution in [2.75, 3.05) is 26.6 Å². The van der Waals surface area contributed by atoms with Crippen molar-refractivity contribution in [1.29, 1.82) is 0 Å². The Balaban J connectivity index is 1.63. The topological polar surface area (TPSA) is 91.7 Å². The van der Waals surface area contributed by atoms with Gasteiger partial charge in [-0.05, 0) is 12.1 Å². The lowest BCUT2D eigenvalue weighted by atomic mass is 10.2. The van der Waals surface area contributed by atoms with E-state index in [1.165, 1.54) is 38.3 Å². The molecule has 0 saturated carbocycles. The van der Waals surface area contributed by atoms with Gasteiger partial charge >= 0.3 is 0 Å². The number of ether oxygens (including phenoxy) is 3. The Hall–Kier alpha value is -3.66. The van der Waals surface area contributed by atoms with Crippen LogP contribution in [-0.2, 0) is 11.3 Å². The van der Waals surface area contributed by atoms with Crippen LogP contribution in [0.1, 0.15) is 0 Å². The summed E-state index contributed by atoms with van der Waals surface area (Å²) in [5.74, 6) is 0.263. The molecule has 0 saturated heterocycles. The highest BCUT2D eigenvalue weighted by Crippen LogP contribution is 2.40.